The summed E-state index contributed by atoms with van der Waals surface area (Å²) in [5.41, 5.74) is 0.160. The average Bonchev–Trinajstić information content (AvgIpc) is 2.89. The van der Waals surface area contributed by atoms with Crippen LogP contribution >= 0.6 is 0 Å². The summed E-state index contributed by atoms with van der Waals surface area (Å²) in [6, 6.07) is 4.57. The van der Waals surface area contributed by atoms with E-state index in [9.17, 15) is 15.0 Å². The highest BCUT2D eigenvalue weighted by Gasteiger charge is 2.39. The van der Waals surface area contributed by atoms with Gasteiger partial charge in [-0.05, 0) is 31.4 Å². The van der Waals surface area contributed by atoms with E-state index in [0.29, 0.717) is 13.2 Å². The molecule has 0 spiro atoms. The third-order valence-electron chi connectivity index (χ3n) is 3.99. The number of benzene rings is 1. The van der Waals surface area contributed by atoms with Gasteiger partial charge in [0.25, 0.3) is 5.91 Å². The number of carbonyl (C=O) groups is 1. The van der Waals surface area contributed by atoms with Crippen molar-refractivity contribution in [3.8, 4) is 11.5 Å². The summed E-state index contributed by atoms with van der Waals surface area (Å²) in [6.07, 6.45) is 3.11. The number of carbonyl (C=O) groups excluding carboxylic acids is 1. The zero-order chi connectivity index (χ0) is 13.4. The lowest BCUT2D eigenvalue weighted by molar-refractivity contribution is -0.0446. The van der Waals surface area contributed by atoms with Gasteiger partial charge >= 0.3 is 0 Å². The van der Waals surface area contributed by atoms with Crippen LogP contribution in [0.25, 0.3) is 0 Å². The number of phenols is 2. The molecule has 0 radical (unpaired) electrons. The first-order chi connectivity index (χ1) is 9.18. The number of morpholine rings is 1. The Morgan fingerprint density at radius 1 is 1.32 bits per heavy atom. The number of nitrogens with zero attached hydrogens (tertiary/aromatic N) is 1. The molecule has 5 heteroatoms. The number of ether oxygens (including phenoxy) is 1. The molecule has 2 aliphatic rings. The highest BCUT2D eigenvalue weighted by molar-refractivity contribution is 5.97. The predicted octanol–water partition coefficient (Wildman–Crippen LogP) is 1.49. The van der Waals surface area contributed by atoms with Crippen molar-refractivity contribution in [2.24, 2.45) is 0 Å². The molecule has 1 aromatic rings. The molecule has 3 rings (SSSR count). The first-order valence-corrected chi connectivity index (χ1v) is 6.62. The van der Waals surface area contributed by atoms with Crippen LogP contribution < -0.4 is 0 Å². The Labute approximate surface area is 111 Å². The standard InChI is InChI=1S/C14H17NO4/c16-11-5-1-3-9(13(11)17)14(18)15-7-8-19-12-6-2-4-10(12)15/h1,3,5,10,12,16-17H,2,4,6-8H2. The Balaban J connectivity index is 1.88. The minimum atomic E-state index is -0.339. The summed E-state index contributed by atoms with van der Waals surface area (Å²) in [5.74, 6) is -0.829. The number of rotatable bonds is 1. The minimum absolute atomic E-state index is 0.1000. The van der Waals surface area contributed by atoms with Crippen LogP contribution in [0.3, 0.4) is 0 Å². The molecule has 19 heavy (non-hydrogen) atoms. The zero-order valence-electron chi connectivity index (χ0n) is 10.6. The molecule has 1 saturated carbocycles. The molecule has 1 aromatic carbocycles. The molecule has 1 aliphatic heterocycles. The third kappa shape index (κ3) is 2.04. The van der Waals surface area contributed by atoms with E-state index in [2.05, 4.69) is 0 Å². The molecule has 2 unspecified atom stereocenters. The molecule has 1 amide bonds. The molecule has 0 aromatic heterocycles. The van der Waals surface area contributed by atoms with Gasteiger partial charge in [-0.15, -0.1) is 0 Å². The van der Waals surface area contributed by atoms with Gasteiger partial charge in [-0.2, -0.15) is 0 Å². The van der Waals surface area contributed by atoms with Crippen molar-refractivity contribution < 1.29 is 19.7 Å². The molecule has 5 nitrogen and oxygen atoms in total. The smallest absolute Gasteiger partial charge is 0.258 e. The van der Waals surface area contributed by atoms with Crippen LogP contribution in [0.5, 0.6) is 11.5 Å². The van der Waals surface area contributed by atoms with E-state index in [0.717, 1.165) is 19.3 Å². The van der Waals surface area contributed by atoms with Gasteiger partial charge in [-0.3, -0.25) is 4.79 Å². The fourth-order valence-electron chi connectivity index (χ4n) is 3.04. The number of hydrogen-bond donors (Lipinski definition) is 2. The van der Waals surface area contributed by atoms with Crippen LogP contribution in [-0.2, 0) is 4.74 Å². The second kappa shape index (κ2) is 4.74. The molecule has 0 bridgehead atoms. The zero-order valence-corrected chi connectivity index (χ0v) is 10.6. The van der Waals surface area contributed by atoms with Crippen LogP contribution in [0.4, 0.5) is 0 Å². The van der Waals surface area contributed by atoms with Crippen molar-refractivity contribution >= 4 is 5.91 Å². The number of para-hydroxylation sites is 1. The maximum absolute atomic E-state index is 12.5. The second-order valence-electron chi connectivity index (χ2n) is 5.08. The van der Waals surface area contributed by atoms with Crippen LogP contribution in [0.15, 0.2) is 18.2 Å². The first-order valence-electron chi connectivity index (χ1n) is 6.62. The molecule has 1 aliphatic carbocycles. The Bertz CT molecular complexity index is 502. The van der Waals surface area contributed by atoms with Gasteiger partial charge in [0.15, 0.2) is 11.5 Å². The highest BCUT2D eigenvalue weighted by Crippen LogP contribution is 2.34. The predicted molar refractivity (Wildman–Crippen MR) is 68.2 cm³/mol. The molecule has 1 heterocycles. The number of amides is 1. The minimum Gasteiger partial charge on any atom is -0.504 e. The summed E-state index contributed by atoms with van der Waals surface area (Å²) >= 11 is 0. The van der Waals surface area contributed by atoms with Crippen LogP contribution in [0.1, 0.15) is 29.6 Å². The first kappa shape index (κ1) is 12.3. The van der Waals surface area contributed by atoms with E-state index in [1.807, 2.05) is 0 Å². The van der Waals surface area contributed by atoms with Gasteiger partial charge in [-0.1, -0.05) is 6.07 Å². The average molecular weight is 263 g/mol. The van der Waals surface area contributed by atoms with Crippen molar-refractivity contribution in [2.75, 3.05) is 13.2 Å². The molecular formula is C14H17NO4. The lowest BCUT2D eigenvalue weighted by Crippen LogP contribution is -2.51. The van der Waals surface area contributed by atoms with E-state index in [-0.39, 0.29) is 35.1 Å². The van der Waals surface area contributed by atoms with Crippen molar-refractivity contribution in [1.29, 1.82) is 0 Å². The van der Waals surface area contributed by atoms with Crippen LogP contribution in [0.2, 0.25) is 0 Å². The van der Waals surface area contributed by atoms with E-state index in [4.69, 9.17) is 4.74 Å². The Hall–Kier alpha value is -1.75. The van der Waals surface area contributed by atoms with Crippen molar-refractivity contribution in [3.05, 3.63) is 23.8 Å². The summed E-state index contributed by atoms with van der Waals surface area (Å²) in [7, 11) is 0. The molecule has 2 N–H and O–H groups in total. The van der Waals surface area contributed by atoms with Gasteiger partial charge in [0.05, 0.1) is 24.3 Å². The Morgan fingerprint density at radius 3 is 3.00 bits per heavy atom. The lowest BCUT2D eigenvalue weighted by atomic mass is 10.1. The number of phenolic OH excluding ortho intramolecular Hbond substituents is 2. The van der Waals surface area contributed by atoms with Crippen LogP contribution in [-0.4, -0.2) is 46.3 Å². The largest absolute Gasteiger partial charge is 0.504 e. The SMILES string of the molecule is O=C(c1cccc(O)c1O)N1CCOC2CCCC21. The van der Waals surface area contributed by atoms with Crippen molar-refractivity contribution in [2.45, 2.75) is 31.4 Å². The Kier molecular flexibility index (Phi) is 3.06. The van der Waals surface area contributed by atoms with E-state index >= 15 is 0 Å². The maximum atomic E-state index is 12.5. The summed E-state index contributed by atoms with van der Waals surface area (Å²) in [5, 5.41) is 19.3. The number of hydrogen-bond acceptors (Lipinski definition) is 4. The summed E-state index contributed by atoms with van der Waals surface area (Å²) in [6.45, 7) is 1.07. The molecular weight excluding hydrogens is 246 g/mol. The number of aromatic hydroxyl groups is 2. The van der Waals surface area contributed by atoms with Gasteiger partial charge < -0.3 is 19.8 Å². The Morgan fingerprint density at radius 2 is 2.16 bits per heavy atom. The maximum Gasteiger partial charge on any atom is 0.258 e. The van der Waals surface area contributed by atoms with E-state index < -0.39 is 0 Å². The van der Waals surface area contributed by atoms with Crippen molar-refractivity contribution in [3.63, 3.8) is 0 Å². The number of fused-ring (bicyclic) bond motifs is 1. The molecule has 1 saturated heterocycles. The van der Waals surface area contributed by atoms with Gasteiger partial charge in [0.2, 0.25) is 0 Å². The lowest BCUT2D eigenvalue weighted by Gasteiger charge is -2.37. The van der Waals surface area contributed by atoms with Crippen molar-refractivity contribution in [1.82, 2.24) is 4.90 Å². The summed E-state index contributed by atoms with van der Waals surface area (Å²) < 4.78 is 5.67. The van der Waals surface area contributed by atoms with Gasteiger partial charge in [0.1, 0.15) is 0 Å². The topological polar surface area (TPSA) is 70.0 Å². The highest BCUT2D eigenvalue weighted by atomic mass is 16.5. The molecule has 2 atom stereocenters. The fraction of sp³-hybridized carbons (Fsp3) is 0.500. The van der Waals surface area contributed by atoms with Gasteiger partial charge in [-0.25, -0.2) is 0 Å². The monoisotopic (exact) mass is 263 g/mol. The second-order valence-corrected chi connectivity index (χ2v) is 5.08. The molecule has 102 valence electrons. The summed E-state index contributed by atoms with van der Waals surface area (Å²) in [4.78, 5) is 14.3. The van der Waals surface area contributed by atoms with E-state index in [1.165, 1.54) is 12.1 Å². The quantitative estimate of drug-likeness (QED) is 0.753. The third-order valence-corrected chi connectivity index (χ3v) is 3.99. The normalized spacial score (nSPS) is 26.2. The fourth-order valence-corrected chi connectivity index (χ4v) is 3.04. The molecule has 2 fully saturated rings. The van der Waals surface area contributed by atoms with Gasteiger partial charge in [0, 0.05) is 6.54 Å². The van der Waals surface area contributed by atoms with E-state index in [1.54, 1.807) is 11.0 Å². The van der Waals surface area contributed by atoms with Crippen LogP contribution in [0, 0.1) is 0 Å².